The number of aliphatic hydroxyl groups is 1. The molecule has 2 aromatic carbocycles. The number of carbonyl (C=O) groups is 1. The molecule has 0 fully saturated rings. The Morgan fingerprint density at radius 3 is 2.65 bits per heavy atom. The van der Waals surface area contributed by atoms with Crippen molar-refractivity contribution in [1.29, 1.82) is 0 Å². The second-order valence-corrected chi connectivity index (χ2v) is 7.88. The Kier molecular flexibility index (Phi) is 8.93. The molecule has 0 radical (unpaired) electrons. The van der Waals surface area contributed by atoms with Gasteiger partial charge < -0.3 is 29.4 Å². The van der Waals surface area contributed by atoms with Crippen molar-refractivity contribution in [2.24, 2.45) is 4.99 Å². The summed E-state index contributed by atoms with van der Waals surface area (Å²) in [7, 11) is 3.19. The summed E-state index contributed by atoms with van der Waals surface area (Å²) in [5.74, 6) is 2.22. The van der Waals surface area contributed by atoms with E-state index in [4.69, 9.17) is 24.1 Å². The number of aliphatic imine (C=N–C) groups is 1. The topological polar surface area (TPSA) is 98.6 Å². The van der Waals surface area contributed by atoms with Crippen LogP contribution in [0.5, 0.6) is 17.2 Å². The van der Waals surface area contributed by atoms with Gasteiger partial charge >= 0.3 is 0 Å². The molecule has 1 amide bonds. The maximum Gasteiger partial charge on any atom is 0.251 e. The lowest BCUT2D eigenvalue weighted by atomic mass is 9.96. The van der Waals surface area contributed by atoms with Crippen molar-refractivity contribution in [3.05, 3.63) is 66.2 Å². The fraction of sp³-hybridized carbons (Fsp3) is 0.385. The van der Waals surface area contributed by atoms with Gasteiger partial charge in [0.15, 0.2) is 17.0 Å². The van der Waals surface area contributed by atoms with Gasteiger partial charge in [0.2, 0.25) is 5.90 Å². The maximum atomic E-state index is 13.1. The molecule has 0 spiro atoms. The highest BCUT2D eigenvalue weighted by molar-refractivity contribution is 6.00. The smallest absolute Gasteiger partial charge is 0.251 e. The van der Waals surface area contributed by atoms with Gasteiger partial charge in [0, 0.05) is 31.6 Å². The Balaban J connectivity index is 1.64. The van der Waals surface area contributed by atoms with Crippen molar-refractivity contribution >= 4 is 11.8 Å². The molecule has 1 atom stereocenters. The molecule has 8 heteroatoms. The van der Waals surface area contributed by atoms with Crippen LogP contribution in [0.2, 0.25) is 0 Å². The Bertz CT molecular complexity index is 1000. The average molecular weight is 469 g/mol. The first-order valence-corrected chi connectivity index (χ1v) is 11.2. The summed E-state index contributed by atoms with van der Waals surface area (Å²) in [5.41, 5.74) is 0.729. The quantitative estimate of drug-likeness (QED) is 0.347. The number of ether oxygens (including phenoxy) is 4. The molecule has 0 aromatic heterocycles. The van der Waals surface area contributed by atoms with Gasteiger partial charge in [-0.15, -0.1) is 6.58 Å². The lowest BCUT2D eigenvalue weighted by Crippen LogP contribution is -2.47. The van der Waals surface area contributed by atoms with E-state index in [0.29, 0.717) is 55.6 Å². The summed E-state index contributed by atoms with van der Waals surface area (Å²) in [6, 6.07) is 13.0. The molecule has 3 rings (SSSR count). The molecule has 2 aromatic rings. The molecule has 0 unspecified atom stereocenters. The zero-order valence-corrected chi connectivity index (χ0v) is 19.7. The minimum atomic E-state index is -1.05. The summed E-state index contributed by atoms with van der Waals surface area (Å²) in [6.07, 6.45) is 3.25. The number of hydrogen-bond acceptors (Lipinski definition) is 7. The molecule has 0 saturated carbocycles. The van der Waals surface area contributed by atoms with Crippen LogP contribution in [-0.4, -0.2) is 63.0 Å². The van der Waals surface area contributed by atoms with Crippen molar-refractivity contribution in [3.8, 4) is 17.2 Å². The second kappa shape index (κ2) is 12.1. The van der Waals surface area contributed by atoms with Crippen LogP contribution in [0.1, 0.15) is 24.0 Å². The third-order valence-electron chi connectivity index (χ3n) is 5.49. The third kappa shape index (κ3) is 6.08. The zero-order valence-electron chi connectivity index (χ0n) is 19.7. The Morgan fingerprint density at radius 2 is 1.97 bits per heavy atom. The maximum absolute atomic E-state index is 13.1. The molecule has 1 aliphatic heterocycles. The molecule has 0 aliphatic carbocycles. The van der Waals surface area contributed by atoms with Gasteiger partial charge in [-0.1, -0.05) is 12.1 Å². The molecule has 182 valence electrons. The first-order valence-electron chi connectivity index (χ1n) is 11.2. The molecular weight excluding hydrogens is 436 g/mol. The normalized spacial score (nSPS) is 16.9. The van der Waals surface area contributed by atoms with Gasteiger partial charge in [-0.05, 0) is 48.4 Å². The van der Waals surface area contributed by atoms with Crippen LogP contribution in [0.3, 0.4) is 0 Å². The molecule has 8 nitrogen and oxygen atoms in total. The van der Waals surface area contributed by atoms with E-state index in [2.05, 4.69) is 16.9 Å². The van der Waals surface area contributed by atoms with E-state index in [9.17, 15) is 4.79 Å². The van der Waals surface area contributed by atoms with Gasteiger partial charge in [-0.2, -0.15) is 0 Å². The number of hydrogen-bond donors (Lipinski definition) is 2. The van der Waals surface area contributed by atoms with Crippen molar-refractivity contribution < 1.29 is 28.8 Å². The molecule has 34 heavy (non-hydrogen) atoms. The van der Waals surface area contributed by atoms with Gasteiger partial charge in [0.05, 0.1) is 20.8 Å². The van der Waals surface area contributed by atoms with E-state index < -0.39 is 5.54 Å². The number of amides is 1. The average Bonchev–Trinajstić information content (AvgIpc) is 3.30. The first kappa shape index (κ1) is 25.1. The predicted molar refractivity (Wildman–Crippen MR) is 130 cm³/mol. The van der Waals surface area contributed by atoms with Crippen LogP contribution in [0.25, 0.3) is 0 Å². The van der Waals surface area contributed by atoms with Crippen LogP contribution in [-0.2, 0) is 16.0 Å². The Labute approximate surface area is 200 Å². The molecule has 1 heterocycles. The molecule has 2 N–H and O–H groups in total. The van der Waals surface area contributed by atoms with E-state index in [1.54, 1.807) is 20.3 Å². The van der Waals surface area contributed by atoms with Crippen LogP contribution in [0, 0.1) is 0 Å². The largest absolute Gasteiger partial charge is 0.494 e. The minimum absolute atomic E-state index is 0.0878. The number of nitrogens with zero attached hydrogens (tertiary/aromatic N) is 1. The molecular formula is C26H32N2O6. The summed E-state index contributed by atoms with van der Waals surface area (Å²) in [6.45, 7) is 4.91. The number of benzene rings is 2. The summed E-state index contributed by atoms with van der Waals surface area (Å²) in [4.78, 5) is 17.8. The standard InChI is InChI=1S/C26H32N2O6/c1-4-13-26(25(30)27-14-12-19-6-11-22(31-2)23(17-19)32-3)18-34-24(28-26)20-7-9-21(10-8-20)33-16-5-15-29/h4,6-11,17,29H,1,5,12-16,18H2,2-3H3,(H,27,30)/t26-/m1/s1. The number of methoxy groups -OCH3 is 2. The van der Waals surface area contributed by atoms with Crippen LogP contribution in [0.15, 0.2) is 60.1 Å². The molecule has 0 bridgehead atoms. The zero-order chi connectivity index (χ0) is 24.4. The number of rotatable bonds is 13. The van der Waals surface area contributed by atoms with Crippen molar-refractivity contribution in [2.75, 3.05) is 40.6 Å². The van der Waals surface area contributed by atoms with Crippen LogP contribution < -0.4 is 19.5 Å². The Hall–Kier alpha value is -3.52. The molecule has 0 saturated heterocycles. The van der Waals surface area contributed by atoms with E-state index in [-0.39, 0.29) is 19.1 Å². The van der Waals surface area contributed by atoms with Gasteiger partial charge in [0.1, 0.15) is 12.4 Å². The lowest BCUT2D eigenvalue weighted by Gasteiger charge is -2.21. The summed E-state index contributed by atoms with van der Waals surface area (Å²) >= 11 is 0. The first-order chi connectivity index (χ1) is 16.5. The van der Waals surface area contributed by atoms with Crippen molar-refractivity contribution in [2.45, 2.75) is 24.8 Å². The molecule has 1 aliphatic rings. The van der Waals surface area contributed by atoms with Gasteiger partial charge in [-0.25, -0.2) is 4.99 Å². The fourth-order valence-electron chi connectivity index (χ4n) is 3.62. The van der Waals surface area contributed by atoms with Gasteiger partial charge in [-0.3, -0.25) is 4.79 Å². The lowest BCUT2D eigenvalue weighted by molar-refractivity contribution is -0.126. The third-order valence-corrected chi connectivity index (χ3v) is 5.49. The van der Waals surface area contributed by atoms with E-state index in [1.807, 2.05) is 42.5 Å². The SMILES string of the molecule is C=CC[C@]1(C(=O)NCCc2ccc(OC)c(OC)c2)COC(c2ccc(OCCCO)cc2)=N1. The van der Waals surface area contributed by atoms with Crippen LogP contribution in [0.4, 0.5) is 0 Å². The van der Waals surface area contributed by atoms with Crippen molar-refractivity contribution in [1.82, 2.24) is 5.32 Å². The second-order valence-electron chi connectivity index (χ2n) is 7.88. The van der Waals surface area contributed by atoms with E-state index >= 15 is 0 Å². The van der Waals surface area contributed by atoms with Crippen molar-refractivity contribution in [3.63, 3.8) is 0 Å². The van der Waals surface area contributed by atoms with Gasteiger partial charge in [0.25, 0.3) is 5.91 Å². The Morgan fingerprint density at radius 1 is 1.21 bits per heavy atom. The monoisotopic (exact) mass is 468 g/mol. The number of carbonyl (C=O) groups excluding carboxylic acids is 1. The number of aliphatic hydroxyl groups excluding tert-OH is 1. The van der Waals surface area contributed by atoms with E-state index in [0.717, 1.165) is 11.1 Å². The fourth-order valence-corrected chi connectivity index (χ4v) is 3.62. The summed E-state index contributed by atoms with van der Waals surface area (Å²) < 4.78 is 22.0. The highest BCUT2D eigenvalue weighted by atomic mass is 16.5. The van der Waals surface area contributed by atoms with Crippen LogP contribution >= 0.6 is 0 Å². The number of nitrogens with one attached hydrogen (secondary N) is 1. The highest BCUT2D eigenvalue weighted by Crippen LogP contribution is 2.29. The van der Waals surface area contributed by atoms with E-state index in [1.165, 1.54) is 0 Å². The predicted octanol–water partition coefficient (Wildman–Crippen LogP) is 2.92. The minimum Gasteiger partial charge on any atom is -0.494 e. The highest BCUT2D eigenvalue weighted by Gasteiger charge is 2.43. The summed E-state index contributed by atoms with van der Waals surface area (Å²) in [5, 5.41) is 11.8.